The van der Waals surface area contributed by atoms with Crippen molar-refractivity contribution in [2.75, 3.05) is 17.6 Å². The van der Waals surface area contributed by atoms with E-state index in [-0.39, 0.29) is 5.69 Å². The average Bonchev–Trinajstić information content (AvgIpc) is 2.06. The summed E-state index contributed by atoms with van der Waals surface area (Å²) in [5.74, 6) is -0.453. The van der Waals surface area contributed by atoms with Crippen molar-refractivity contribution in [1.29, 1.82) is 0 Å². The summed E-state index contributed by atoms with van der Waals surface area (Å²) in [5, 5.41) is 12.3. The average molecular weight is 198 g/mol. The molecule has 0 bridgehead atoms. The Morgan fingerprint density at radius 1 is 1.50 bits per heavy atom. The Morgan fingerprint density at radius 2 is 2.14 bits per heavy atom. The number of anilines is 2. The van der Waals surface area contributed by atoms with Crippen LogP contribution in [0.2, 0.25) is 0 Å². The molecule has 0 spiro atoms. The third-order valence-corrected chi connectivity index (χ3v) is 1.76. The van der Waals surface area contributed by atoms with Gasteiger partial charge >= 0.3 is 0 Å². The van der Waals surface area contributed by atoms with Gasteiger partial charge in [-0.1, -0.05) is 6.07 Å². The number of benzene rings is 1. The molecule has 0 radical (unpaired) electrons. The van der Waals surface area contributed by atoms with Gasteiger partial charge in [0.1, 0.15) is 5.82 Å². The van der Waals surface area contributed by atoms with E-state index in [4.69, 9.17) is 5.73 Å². The SMILES string of the molecule is CC(C)(O)CNc1cccc(F)c1N. The highest BCUT2D eigenvalue weighted by Crippen LogP contribution is 2.21. The lowest BCUT2D eigenvalue weighted by Gasteiger charge is -2.19. The number of nitrogen functional groups attached to an aromatic ring is 1. The molecular weight excluding hydrogens is 183 g/mol. The summed E-state index contributed by atoms with van der Waals surface area (Å²) in [6.07, 6.45) is 0. The summed E-state index contributed by atoms with van der Waals surface area (Å²) in [4.78, 5) is 0. The van der Waals surface area contributed by atoms with Crippen LogP contribution >= 0.6 is 0 Å². The molecule has 0 heterocycles. The summed E-state index contributed by atoms with van der Waals surface area (Å²) >= 11 is 0. The van der Waals surface area contributed by atoms with Gasteiger partial charge in [-0.15, -0.1) is 0 Å². The van der Waals surface area contributed by atoms with E-state index in [0.717, 1.165) is 0 Å². The lowest BCUT2D eigenvalue weighted by atomic mass is 10.1. The Kier molecular flexibility index (Phi) is 2.96. The van der Waals surface area contributed by atoms with Crippen LogP contribution in [0.3, 0.4) is 0 Å². The molecule has 0 aliphatic carbocycles. The van der Waals surface area contributed by atoms with Crippen LogP contribution in [0.15, 0.2) is 18.2 Å². The van der Waals surface area contributed by atoms with Crippen LogP contribution in [0.4, 0.5) is 15.8 Å². The third kappa shape index (κ3) is 2.88. The molecule has 0 fully saturated rings. The van der Waals surface area contributed by atoms with Crippen LogP contribution in [0.25, 0.3) is 0 Å². The van der Waals surface area contributed by atoms with Gasteiger partial charge in [0.25, 0.3) is 0 Å². The van der Waals surface area contributed by atoms with Crippen molar-refractivity contribution >= 4 is 11.4 Å². The fraction of sp³-hybridized carbons (Fsp3) is 0.400. The molecule has 4 N–H and O–H groups in total. The van der Waals surface area contributed by atoms with Gasteiger partial charge in [-0.3, -0.25) is 0 Å². The van der Waals surface area contributed by atoms with E-state index in [2.05, 4.69) is 5.32 Å². The minimum Gasteiger partial charge on any atom is -0.395 e. The van der Waals surface area contributed by atoms with Crippen molar-refractivity contribution in [3.05, 3.63) is 24.0 Å². The van der Waals surface area contributed by atoms with Crippen LogP contribution in [0.1, 0.15) is 13.8 Å². The maximum Gasteiger partial charge on any atom is 0.148 e. The van der Waals surface area contributed by atoms with Gasteiger partial charge < -0.3 is 16.2 Å². The molecule has 0 amide bonds. The Hall–Kier alpha value is -1.29. The minimum atomic E-state index is -0.848. The highest BCUT2D eigenvalue weighted by Gasteiger charge is 2.13. The Balaban J connectivity index is 2.73. The lowest BCUT2D eigenvalue weighted by Crippen LogP contribution is -2.29. The van der Waals surface area contributed by atoms with Crippen molar-refractivity contribution in [3.63, 3.8) is 0 Å². The van der Waals surface area contributed by atoms with Crippen molar-refractivity contribution in [3.8, 4) is 0 Å². The van der Waals surface area contributed by atoms with E-state index >= 15 is 0 Å². The van der Waals surface area contributed by atoms with Gasteiger partial charge in [0.05, 0.1) is 17.0 Å². The number of nitrogens with one attached hydrogen (secondary N) is 1. The molecule has 0 aromatic heterocycles. The first-order valence-electron chi connectivity index (χ1n) is 4.40. The van der Waals surface area contributed by atoms with Crippen molar-refractivity contribution < 1.29 is 9.50 Å². The predicted octanol–water partition coefficient (Wildman–Crippen LogP) is 1.59. The summed E-state index contributed by atoms with van der Waals surface area (Å²) in [5.41, 5.74) is 5.23. The van der Waals surface area contributed by atoms with E-state index in [0.29, 0.717) is 12.2 Å². The van der Waals surface area contributed by atoms with Crippen LogP contribution in [0, 0.1) is 5.82 Å². The maximum absolute atomic E-state index is 13.0. The largest absolute Gasteiger partial charge is 0.395 e. The quantitative estimate of drug-likeness (QED) is 0.646. The van der Waals surface area contributed by atoms with Gasteiger partial charge in [0, 0.05) is 6.54 Å². The number of para-hydroxylation sites is 1. The molecule has 78 valence electrons. The van der Waals surface area contributed by atoms with Gasteiger partial charge in [0.2, 0.25) is 0 Å². The Labute approximate surface area is 82.7 Å². The van der Waals surface area contributed by atoms with E-state index in [1.54, 1.807) is 26.0 Å². The normalized spacial score (nSPS) is 11.4. The number of hydrogen-bond donors (Lipinski definition) is 3. The zero-order valence-electron chi connectivity index (χ0n) is 8.34. The molecule has 0 aliphatic heterocycles. The van der Waals surface area contributed by atoms with Gasteiger partial charge in [-0.25, -0.2) is 4.39 Å². The Morgan fingerprint density at radius 3 is 2.71 bits per heavy atom. The lowest BCUT2D eigenvalue weighted by molar-refractivity contribution is 0.0945. The number of aliphatic hydroxyl groups is 1. The first-order valence-corrected chi connectivity index (χ1v) is 4.40. The zero-order valence-corrected chi connectivity index (χ0v) is 8.34. The standard InChI is InChI=1S/C10H15FN2O/c1-10(2,14)6-13-8-5-3-4-7(11)9(8)12/h3-5,13-14H,6,12H2,1-2H3. The predicted molar refractivity (Wildman–Crippen MR) is 55.6 cm³/mol. The van der Waals surface area contributed by atoms with Crippen LogP contribution < -0.4 is 11.1 Å². The molecule has 3 nitrogen and oxygen atoms in total. The molecule has 1 aromatic rings. The van der Waals surface area contributed by atoms with Gasteiger partial charge in [-0.05, 0) is 26.0 Å². The van der Waals surface area contributed by atoms with Crippen LogP contribution in [0.5, 0.6) is 0 Å². The number of rotatable bonds is 3. The second-order valence-corrected chi connectivity index (χ2v) is 3.87. The molecule has 0 saturated carbocycles. The molecule has 0 aliphatic rings. The number of halogens is 1. The second-order valence-electron chi connectivity index (χ2n) is 3.87. The van der Waals surface area contributed by atoms with E-state index in [9.17, 15) is 9.50 Å². The third-order valence-electron chi connectivity index (χ3n) is 1.76. The summed E-state index contributed by atoms with van der Waals surface area (Å²) < 4.78 is 13.0. The zero-order chi connectivity index (χ0) is 10.8. The smallest absolute Gasteiger partial charge is 0.148 e. The molecular formula is C10H15FN2O. The highest BCUT2D eigenvalue weighted by atomic mass is 19.1. The van der Waals surface area contributed by atoms with E-state index in [1.165, 1.54) is 6.07 Å². The van der Waals surface area contributed by atoms with Crippen molar-refractivity contribution in [2.45, 2.75) is 19.4 Å². The molecule has 1 rings (SSSR count). The molecule has 1 aromatic carbocycles. The second kappa shape index (κ2) is 3.84. The Bertz CT molecular complexity index is 320. The number of hydrogen-bond acceptors (Lipinski definition) is 3. The molecule has 0 atom stereocenters. The fourth-order valence-corrected chi connectivity index (χ4v) is 1.00. The molecule has 0 saturated heterocycles. The topological polar surface area (TPSA) is 58.3 Å². The van der Waals surface area contributed by atoms with E-state index in [1.807, 2.05) is 0 Å². The first-order chi connectivity index (χ1) is 6.40. The van der Waals surface area contributed by atoms with Crippen molar-refractivity contribution in [2.24, 2.45) is 0 Å². The van der Waals surface area contributed by atoms with Gasteiger partial charge in [0.15, 0.2) is 0 Å². The van der Waals surface area contributed by atoms with Crippen molar-refractivity contribution in [1.82, 2.24) is 0 Å². The maximum atomic E-state index is 13.0. The monoisotopic (exact) mass is 198 g/mol. The fourth-order valence-electron chi connectivity index (χ4n) is 1.00. The minimum absolute atomic E-state index is 0.0803. The molecule has 0 unspecified atom stereocenters. The molecule has 14 heavy (non-hydrogen) atoms. The number of nitrogens with two attached hydrogens (primary N) is 1. The summed E-state index contributed by atoms with van der Waals surface area (Å²) in [7, 11) is 0. The van der Waals surface area contributed by atoms with E-state index < -0.39 is 11.4 Å². The molecule has 4 heteroatoms. The summed E-state index contributed by atoms with van der Waals surface area (Å²) in [6.45, 7) is 3.64. The van der Waals surface area contributed by atoms with Gasteiger partial charge in [-0.2, -0.15) is 0 Å². The first kappa shape index (κ1) is 10.8. The summed E-state index contributed by atoms with van der Waals surface area (Å²) in [6, 6.07) is 4.53. The van der Waals surface area contributed by atoms with Crippen LogP contribution in [-0.2, 0) is 0 Å². The highest BCUT2D eigenvalue weighted by molar-refractivity contribution is 5.66. The van der Waals surface area contributed by atoms with Crippen LogP contribution in [-0.4, -0.2) is 17.3 Å².